The molecule has 3 N–H and O–H groups in total. The van der Waals surface area contributed by atoms with E-state index in [1.165, 1.54) is 0 Å². The minimum absolute atomic E-state index is 0. The zero-order chi connectivity index (χ0) is 17.1. The van der Waals surface area contributed by atoms with Crippen LogP contribution in [0.4, 0.5) is 5.69 Å². The Kier molecular flexibility index (Phi) is 6.50. The molecule has 2 unspecified atom stereocenters. The van der Waals surface area contributed by atoms with Crippen molar-refractivity contribution in [3.63, 3.8) is 0 Å². The van der Waals surface area contributed by atoms with E-state index in [4.69, 9.17) is 15.2 Å². The molecule has 138 valence electrons. The number of nitrogens with two attached hydrogens (primary N) is 1. The Hall–Kier alpha value is -1.99. The van der Waals surface area contributed by atoms with Gasteiger partial charge in [-0.1, -0.05) is 0 Å². The van der Waals surface area contributed by atoms with Gasteiger partial charge in [-0.05, 0) is 31.9 Å². The van der Waals surface area contributed by atoms with E-state index >= 15 is 0 Å². The standard InChI is InChI=1S/C17H23N3O4.ClH/c1-11(18)4-6-19-16(21)13-5-7-20(17(13)22)12-2-3-14-15(10-12)24-9-8-23-14;/h2-3,10-11,13H,4-9,18H2,1H3,(H,19,21);1H. The van der Waals surface area contributed by atoms with Crippen LogP contribution in [0.25, 0.3) is 0 Å². The second-order valence-corrected chi connectivity index (χ2v) is 6.22. The predicted molar refractivity (Wildman–Crippen MR) is 96.4 cm³/mol. The summed E-state index contributed by atoms with van der Waals surface area (Å²) in [4.78, 5) is 26.4. The topological polar surface area (TPSA) is 93.9 Å². The molecule has 1 saturated heterocycles. The third-order valence-corrected chi connectivity index (χ3v) is 4.26. The Morgan fingerprint density at radius 2 is 2.08 bits per heavy atom. The van der Waals surface area contributed by atoms with Crippen LogP contribution in [-0.4, -0.2) is 44.2 Å². The van der Waals surface area contributed by atoms with Crippen LogP contribution in [-0.2, 0) is 9.59 Å². The van der Waals surface area contributed by atoms with Crippen molar-refractivity contribution in [3.8, 4) is 11.5 Å². The average Bonchev–Trinajstić information content (AvgIpc) is 2.95. The van der Waals surface area contributed by atoms with Crippen LogP contribution in [0.5, 0.6) is 11.5 Å². The number of nitrogens with one attached hydrogen (secondary N) is 1. The summed E-state index contributed by atoms with van der Waals surface area (Å²) in [5, 5.41) is 2.80. The molecular weight excluding hydrogens is 346 g/mol. The fourth-order valence-electron chi connectivity index (χ4n) is 2.93. The summed E-state index contributed by atoms with van der Waals surface area (Å²) in [5.74, 6) is 0.287. The van der Waals surface area contributed by atoms with Crippen molar-refractivity contribution in [2.24, 2.45) is 11.7 Å². The Morgan fingerprint density at radius 1 is 1.36 bits per heavy atom. The first kappa shape index (κ1) is 19.3. The van der Waals surface area contributed by atoms with Crippen molar-refractivity contribution in [2.45, 2.75) is 25.8 Å². The minimum atomic E-state index is -0.633. The number of ether oxygens (including phenoxy) is 2. The molecule has 0 aliphatic carbocycles. The van der Waals surface area contributed by atoms with Gasteiger partial charge in [0, 0.05) is 30.9 Å². The van der Waals surface area contributed by atoms with Crippen LogP contribution in [0.3, 0.4) is 0 Å². The van der Waals surface area contributed by atoms with Gasteiger partial charge in [0.25, 0.3) is 0 Å². The van der Waals surface area contributed by atoms with E-state index in [0.717, 1.165) is 5.69 Å². The molecule has 0 saturated carbocycles. The van der Waals surface area contributed by atoms with E-state index in [1.54, 1.807) is 17.0 Å². The van der Waals surface area contributed by atoms with Gasteiger partial charge in [0.1, 0.15) is 19.1 Å². The molecule has 0 bridgehead atoms. The Bertz CT molecular complexity index is 638. The molecule has 8 heteroatoms. The average molecular weight is 370 g/mol. The van der Waals surface area contributed by atoms with Gasteiger partial charge in [-0.3, -0.25) is 9.59 Å². The van der Waals surface area contributed by atoms with Gasteiger partial charge in [0.2, 0.25) is 11.8 Å². The van der Waals surface area contributed by atoms with Gasteiger partial charge in [0.05, 0.1) is 0 Å². The number of carbonyl (C=O) groups excluding carboxylic acids is 2. The lowest BCUT2D eigenvalue weighted by Crippen LogP contribution is -2.38. The number of amides is 2. The zero-order valence-electron chi connectivity index (χ0n) is 14.2. The molecule has 2 aliphatic rings. The van der Waals surface area contributed by atoms with E-state index in [0.29, 0.717) is 50.6 Å². The van der Waals surface area contributed by atoms with Gasteiger partial charge in [-0.25, -0.2) is 0 Å². The predicted octanol–water partition coefficient (Wildman–Crippen LogP) is 1.09. The molecule has 2 aliphatic heterocycles. The fraction of sp³-hybridized carbons (Fsp3) is 0.529. The van der Waals surface area contributed by atoms with E-state index in [-0.39, 0.29) is 30.3 Å². The lowest BCUT2D eigenvalue weighted by atomic mass is 10.1. The molecule has 0 spiro atoms. The maximum Gasteiger partial charge on any atom is 0.239 e. The summed E-state index contributed by atoms with van der Waals surface area (Å²) < 4.78 is 11.0. The molecule has 0 radical (unpaired) electrons. The quantitative estimate of drug-likeness (QED) is 0.758. The second-order valence-electron chi connectivity index (χ2n) is 6.22. The monoisotopic (exact) mass is 369 g/mol. The summed E-state index contributed by atoms with van der Waals surface area (Å²) in [5.41, 5.74) is 6.40. The highest BCUT2D eigenvalue weighted by atomic mass is 35.5. The number of anilines is 1. The van der Waals surface area contributed by atoms with Gasteiger partial charge in [0.15, 0.2) is 11.5 Å². The highest BCUT2D eigenvalue weighted by Crippen LogP contribution is 2.35. The molecule has 3 rings (SSSR count). The molecule has 25 heavy (non-hydrogen) atoms. The number of halogens is 1. The van der Waals surface area contributed by atoms with Gasteiger partial charge >= 0.3 is 0 Å². The summed E-state index contributed by atoms with van der Waals surface area (Å²) >= 11 is 0. The van der Waals surface area contributed by atoms with Crippen LogP contribution in [0.1, 0.15) is 19.8 Å². The maximum atomic E-state index is 12.6. The van der Waals surface area contributed by atoms with E-state index < -0.39 is 5.92 Å². The SMILES string of the molecule is CC(N)CCNC(=O)C1CCN(c2ccc3c(c2)OCCO3)C1=O.Cl. The van der Waals surface area contributed by atoms with Crippen LogP contribution < -0.4 is 25.4 Å². The molecule has 7 nitrogen and oxygen atoms in total. The van der Waals surface area contributed by atoms with Crippen molar-refractivity contribution in [3.05, 3.63) is 18.2 Å². The largest absolute Gasteiger partial charge is 0.486 e. The summed E-state index contributed by atoms with van der Waals surface area (Å²) in [6, 6.07) is 5.44. The highest BCUT2D eigenvalue weighted by molar-refractivity contribution is 6.09. The Morgan fingerprint density at radius 3 is 2.80 bits per heavy atom. The normalized spacial score (nSPS) is 20.0. The summed E-state index contributed by atoms with van der Waals surface area (Å²) in [6.07, 6.45) is 1.20. The zero-order valence-corrected chi connectivity index (χ0v) is 15.0. The van der Waals surface area contributed by atoms with E-state index in [9.17, 15) is 9.59 Å². The molecule has 1 aromatic carbocycles. The Balaban J connectivity index is 0.00000225. The number of carbonyl (C=O) groups is 2. The first-order valence-electron chi connectivity index (χ1n) is 8.30. The molecule has 2 atom stereocenters. The number of hydrogen-bond acceptors (Lipinski definition) is 5. The number of fused-ring (bicyclic) bond motifs is 1. The molecular formula is C17H24ClN3O4. The highest BCUT2D eigenvalue weighted by Gasteiger charge is 2.37. The van der Waals surface area contributed by atoms with Crippen LogP contribution >= 0.6 is 12.4 Å². The summed E-state index contributed by atoms with van der Waals surface area (Å²) in [6.45, 7) is 3.91. The lowest BCUT2D eigenvalue weighted by molar-refractivity contribution is -0.132. The first-order valence-corrected chi connectivity index (χ1v) is 8.30. The van der Waals surface area contributed by atoms with Gasteiger partial charge in [-0.2, -0.15) is 0 Å². The summed E-state index contributed by atoms with van der Waals surface area (Å²) in [7, 11) is 0. The first-order chi connectivity index (χ1) is 11.6. The maximum absolute atomic E-state index is 12.6. The van der Waals surface area contributed by atoms with Crippen LogP contribution in [0, 0.1) is 5.92 Å². The van der Waals surface area contributed by atoms with Gasteiger partial charge < -0.3 is 25.4 Å². The van der Waals surface area contributed by atoms with Crippen LogP contribution in [0.15, 0.2) is 18.2 Å². The van der Waals surface area contributed by atoms with Crippen molar-refractivity contribution >= 4 is 29.9 Å². The van der Waals surface area contributed by atoms with Gasteiger partial charge in [-0.15, -0.1) is 12.4 Å². The van der Waals surface area contributed by atoms with Crippen molar-refractivity contribution in [1.29, 1.82) is 0 Å². The smallest absolute Gasteiger partial charge is 0.239 e. The van der Waals surface area contributed by atoms with Crippen molar-refractivity contribution < 1.29 is 19.1 Å². The lowest BCUT2D eigenvalue weighted by Gasteiger charge is -2.22. The molecule has 1 aromatic rings. The van der Waals surface area contributed by atoms with Crippen LogP contribution in [0.2, 0.25) is 0 Å². The molecule has 0 aromatic heterocycles. The third-order valence-electron chi connectivity index (χ3n) is 4.26. The number of benzene rings is 1. The third kappa shape index (κ3) is 4.35. The fourth-order valence-corrected chi connectivity index (χ4v) is 2.93. The second kappa shape index (κ2) is 8.40. The molecule has 1 fully saturated rings. The molecule has 2 heterocycles. The minimum Gasteiger partial charge on any atom is -0.486 e. The molecule has 2 amide bonds. The van der Waals surface area contributed by atoms with Crippen molar-refractivity contribution in [2.75, 3.05) is 31.2 Å². The van der Waals surface area contributed by atoms with E-state index in [1.807, 2.05) is 13.0 Å². The van der Waals surface area contributed by atoms with Crippen molar-refractivity contribution in [1.82, 2.24) is 5.32 Å². The Labute approximate surface area is 153 Å². The number of hydrogen-bond donors (Lipinski definition) is 2. The van der Waals surface area contributed by atoms with E-state index in [2.05, 4.69) is 5.32 Å². The number of nitrogens with zero attached hydrogens (tertiary/aromatic N) is 1. The number of rotatable bonds is 5.